The van der Waals surface area contributed by atoms with Gasteiger partial charge in [0.2, 0.25) is 0 Å². The molecule has 26 heavy (non-hydrogen) atoms. The van der Waals surface area contributed by atoms with Crippen LogP contribution in [0.15, 0.2) is 29.3 Å². The molecule has 0 spiro atoms. The topological polar surface area (TPSA) is 67.8 Å². The number of rotatable bonds is 5. The fourth-order valence-electron chi connectivity index (χ4n) is 3.91. The summed E-state index contributed by atoms with van der Waals surface area (Å²) in [5.74, 6) is -0.364. The Bertz CT molecular complexity index is 675. The molecule has 0 aromatic heterocycles. The number of aliphatic imine (C=N–C) groups is 1. The summed E-state index contributed by atoms with van der Waals surface area (Å²) in [6.07, 6.45) is 6.53. The molecule has 1 fully saturated rings. The van der Waals surface area contributed by atoms with Gasteiger partial charge in [-0.05, 0) is 37.7 Å². The number of aryl methyl sites for hydroxylation is 1. The largest absolute Gasteiger partial charge is 0.465 e. The van der Waals surface area contributed by atoms with Gasteiger partial charge >= 0.3 is 12.0 Å². The van der Waals surface area contributed by atoms with Crippen molar-refractivity contribution >= 4 is 17.7 Å². The summed E-state index contributed by atoms with van der Waals surface area (Å²) >= 11 is 0. The van der Waals surface area contributed by atoms with Crippen LogP contribution < -0.4 is 5.32 Å². The average molecular weight is 356 g/mol. The lowest BCUT2D eigenvalue weighted by atomic mass is 9.86. The molecule has 3 rings (SSSR count). The van der Waals surface area contributed by atoms with Crippen LogP contribution in [0, 0.1) is 18.8 Å². The van der Waals surface area contributed by atoms with Crippen molar-refractivity contribution in [3.8, 4) is 0 Å². The number of carbonyl (C=O) groups excluding carboxylic acids is 2. The first kappa shape index (κ1) is 18.6. The summed E-state index contributed by atoms with van der Waals surface area (Å²) in [6.45, 7) is 4.41. The third kappa shape index (κ3) is 4.32. The number of amides is 2. The number of nitrogens with one attached hydrogen (secondary N) is 1. The zero-order valence-corrected chi connectivity index (χ0v) is 15.7. The molecule has 1 aromatic carbocycles. The Morgan fingerprint density at radius 3 is 2.54 bits per heavy atom. The second kappa shape index (κ2) is 8.47. The summed E-state index contributed by atoms with van der Waals surface area (Å²) in [6, 6.07) is 7.09. The number of benzene rings is 1. The van der Waals surface area contributed by atoms with Crippen LogP contribution in [0.25, 0.3) is 0 Å². The maximum atomic E-state index is 12.9. The fourth-order valence-corrected chi connectivity index (χ4v) is 3.91. The SMILES string of the molecule is CCC1=NC(=O)NC(c2ccc(C)cc2)C1C(=O)OCC1CCCCC1. The molecule has 2 unspecified atom stereocenters. The van der Waals surface area contributed by atoms with Crippen molar-refractivity contribution in [1.82, 2.24) is 5.32 Å². The van der Waals surface area contributed by atoms with E-state index in [1.54, 1.807) is 0 Å². The van der Waals surface area contributed by atoms with Gasteiger partial charge in [-0.25, -0.2) is 9.79 Å². The minimum absolute atomic E-state index is 0.276. The normalized spacial score (nSPS) is 23.9. The zero-order chi connectivity index (χ0) is 18.5. The monoisotopic (exact) mass is 356 g/mol. The second-order valence-electron chi connectivity index (χ2n) is 7.41. The van der Waals surface area contributed by atoms with Crippen molar-refractivity contribution in [2.75, 3.05) is 6.61 Å². The van der Waals surface area contributed by atoms with Crippen molar-refractivity contribution in [1.29, 1.82) is 0 Å². The predicted molar refractivity (Wildman–Crippen MR) is 101 cm³/mol. The summed E-state index contributed by atoms with van der Waals surface area (Å²) < 4.78 is 5.69. The van der Waals surface area contributed by atoms with Gasteiger partial charge in [0.15, 0.2) is 0 Å². The minimum Gasteiger partial charge on any atom is -0.465 e. The van der Waals surface area contributed by atoms with Crippen LogP contribution in [0.5, 0.6) is 0 Å². The number of nitrogens with zero attached hydrogens (tertiary/aromatic N) is 1. The number of carbonyl (C=O) groups is 2. The van der Waals surface area contributed by atoms with Crippen molar-refractivity contribution in [3.63, 3.8) is 0 Å². The number of ether oxygens (including phenoxy) is 1. The van der Waals surface area contributed by atoms with E-state index in [0.717, 1.165) is 24.0 Å². The van der Waals surface area contributed by atoms with Gasteiger partial charge in [0.1, 0.15) is 5.92 Å². The Balaban J connectivity index is 1.78. The van der Waals surface area contributed by atoms with Gasteiger partial charge in [0, 0.05) is 5.71 Å². The van der Waals surface area contributed by atoms with Crippen molar-refractivity contribution in [3.05, 3.63) is 35.4 Å². The number of urea groups is 1. The molecule has 2 amide bonds. The highest BCUT2D eigenvalue weighted by Gasteiger charge is 2.39. The first-order chi connectivity index (χ1) is 12.6. The van der Waals surface area contributed by atoms with Crippen LogP contribution in [0.3, 0.4) is 0 Å². The van der Waals surface area contributed by atoms with E-state index in [-0.39, 0.29) is 12.0 Å². The van der Waals surface area contributed by atoms with Gasteiger partial charge in [-0.2, -0.15) is 0 Å². The zero-order valence-electron chi connectivity index (χ0n) is 15.7. The molecule has 5 nitrogen and oxygen atoms in total. The summed E-state index contributed by atoms with van der Waals surface area (Å²) in [4.78, 5) is 29.0. The summed E-state index contributed by atoms with van der Waals surface area (Å²) in [5, 5.41) is 2.86. The minimum atomic E-state index is -0.552. The lowest BCUT2D eigenvalue weighted by Crippen LogP contribution is -2.45. The summed E-state index contributed by atoms with van der Waals surface area (Å²) in [5.41, 5.74) is 2.65. The molecule has 1 aliphatic carbocycles. The van der Waals surface area contributed by atoms with E-state index in [4.69, 9.17) is 4.74 Å². The lowest BCUT2D eigenvalue weighted by Gasteiger charge is -2.31. The standard InChI is InChI=1S/C21H28N2O3/c1-3-17-18(20(24)26-13-15-7-5-4-6-8-15)19(23-21(25)22-17)16-11-9-14(2)10-12-16/h9-12,15,18-19H,3-8,13H2,1-2H3,(H,23,25). The van der Waals surface area contributed by atoms with E-state index < -0.39 is 12.0 Å². The lowest BCUT2D eigenvalue weighted by molar-refractivity contribution is -0.148. The predicted octanol–water partition coefficient (Wildman–Crippen LogP) is 4.35. The van der Waals surface area contributed by atoms with Crippen LogP contribution in [0.4, 0.5) is 4.79 Å². The Morgan fingerprint density at radius 2 is 1.88 bits per heavy atom. The van der Waals surface area contributed by atoms with Gasteiger partial charge in [-0.1, -0.05) is 56.0 Å². The molecule has 1 aliphatic heterocycles. The molecule has 2 aliphatic rings. The Hall–Kier alpha value is -2.17. The van der Waals surface area contributed by atoms with E-state index >= 15 is 0 Å². The molecule has 0 radical (unpaired) electrons. The molecule has 5 heteroatoms. The van der Waals surface area contributed by atoms with Crippen molar-refractivity contribution in [2.45, 2.75) is 58.4 Å². The van der Waals surface area contributed by atoms with Crippen molar-refractivity contribution < 1.29 is 14.3 Å². The third-order valence-corrected chi connectivity index (χ3v) is 5.46. The van der Waals surface area contributed by atoms with E-state index in [0.29, 0.717) is 24.7 Å². The highest BCUT2D eigenvalue weighted by atomic mass is 16.5. The molecule has 0 saturated heterocycles. The van der Waals surface area contributed by atoms with Crippen LogP contribution in [0.2, 0.25) is 0 Å². The molecular weight excluding hydrogens is 328 g/mol. The maximum Gasteiger partial charge on any atom is 0.341 e. The average Bonchev–Trinajstić information content (AvgIpc) is 2.66. The highest BCUT2D eigenvalue weighted by molar-refractivity contribution is 6.09. The Kier molecular flexibility index (Phi) is 6.07. The quantitative estimate of drug-likeness (QED) is 0.798. The van der Waals surface area contributed by atoms with Crippen LogP contribution >= 0.6 is 0 Å². The molecule has 1 N–H and O–H groups in total. The summed E-state index contributed by atoms with van der Waals surface area (Å²) in [7, 11) is 0. The van der Waals surface area contributed by atoms with Gasteiger partial charge in [-0.3, -0.25) is 4.79 Å². The van der Waals surface area contributed by atoms with Gasteiger partial charge in [0.05, 0.1) is 12.6 Å². The van der Waals surface area contributed by atoms with Gasteiger partial charge < -0.3 is 10.1 Å². The molecular formula is C21H28N2O3. The van der Waals surface area contributed by atoms with E-state index in [9.17, 15) is 9.59 Å². The van der Waals surface area contributed by atoms with Crippen LogP contribution in [0.1, 0.15) is 62.6 Å². The molecule has 2 atom stereocenters. The first-order valence-electron chi connectivity index (χ1n) is 9.69. The second-order valence-corrected chi connectivity index (χ2v) is 7.41. The molecule has 1 saturated carbocycles. The Morgan fingerprint density at radius 1 is 1.19 bits per heavy atom. The smallest absolute Gasteiger partial charge is 0.341 e. The van der Waals surface area contributed by atoms with Crippen LogP contribution in [-0.4, -0.2) is 24.3 Å². The number of hydrogen-bond donors (Lipinski definition) is 1. The molecule has 1 heterocycles. The molecule has 140 valence electrons. The fraction of sp³-hybridized carbons (Fsp3) is 0.571. The van der Waals surface area contributed by atoms with Gasteiger partial charge in [-0.15, -0.1) is 0 Å². The number of esters is 1. The van der Waals surface area contributed by atoms with Crippen molar-refractivity contribution in [2.24, 2.45) is 16.8 Å². The van der Waals surface area contributed by atoms with Crippen LogP contribution in [-0.2, 0) is 9.53 Å². The van der Waals surface area contributed by atoms with E-state index in [1.165, 1.54) is 19.3 Å². The molecule has 1 aromatic rings. The molecule has 0 bridgehead atoms. The number of hydrogen-bond acceptors (Lipinski definition) is 3. The van der Waals surface area contributed by atoms with E-state index in [2.05, 4.69) is 10.3 Å². The Labute approximate surface area is 155 Å². The maximum absolute atomic E-state index is 12.9. The first-order valence-corrected chi connectivity index (χ1v) is 9.69. The van der Waals surface area contributed by atoms with E-state index in [1.807, 2.05) is 38.1 Å². The van der Waals surface area contributed by atoms with Gasteiger partial charge in [0.25, 0.3) is 0 Å². The highest BCUT2D eigenvalue weighted by Crippen LogP contribution is 2.30. The third-order valence-electron chi connectivity index (χ3n) is 5.46.